The van der Waals surface area contributed by atoms with Gasteiger partial charge in [-0.25, -0.2) is 0 Å². The number of benzene rings is 7. The van der Waals surface area contributed by atoms with Crippen LogP contribution in [0.1, 0.15) is 5.56 Å². The lowest BCUT2D eigenvalue weighted by molar-refractivity contribution is 1.37. The molecule has 0 bridgehead atoms. The molecular formula is C39H32Si. The van der Waals surface area contributed by atoms with Crippen LogP contribution in [0.2, 0.25) is 13.1 Å². The summed E-state index contributed by atoms with van der Waals surface area (Å²) in [4.78, 5) is 0. The van der Waals surface area contributed by atoms with Gasteiger partial charge in [-0.05, 0) is 71.7 Å². The summed E-state index contributed by atoms with van der Waals surface area (Å²) in [5.41, 5.74) is 9.19. The number of hydrogen-bond donors (Lipinski definition) is 0. The van der Waals surface area contributed by atoms with Gasteiger partial charge in [0, 0.05) is 8.80 Å². The smallest absolute Gasteiger partial charge is 0.0352 e. The molecule has 7 rings (SSSR count). The highest BCUT2D eigenvalue weighted by Gasteiger charge is 2.18. The van der Waals surface area contributed by atoms with Crippen molar-refractivity contribution in [2.24, 2.45) is 0 Å². The van der Waals surface area contributed by atoms with Crippen molar-refractivity contribution in [3.05, 3.63) is 145 Å². The minimum absolute atomic E-state index is 0.764. The molecule has 0 aliphatic rings. The number of fused-ring (bicyclic) bond motifs is 3. The van der Waals surface area contributed by atoms with E-state index >= 15 is 0 Å². The van der Waals surface area contributed by atoms with Crippen LogP contribution in [0.25, 0.3) is 65.7 Å². The Labute approximate surface area is 238 Å². The lowest BCUT2D eigenvalue weighted by Gasteiger charge is -2.20. The summed E-state index contributed by atoms with van der Waals surface area (Å²) in [6, 6.07) is 52.8. The van der Waals surface area contributed by atoms with Gasteiger partial charge in [-0.1, -0.05) is 158 Å². The zero-order valence-electron chi connectivity index (χ0n) is 23.1. The first-order valence-electron chi connectivity index (χ1n) is 14.3. The fourth-order valence-electron chi connectivity index (χ4n) is 6.33. The van der Waals surface area contributed by atoms with E-state index in [1.807, 2.05) is 0 Å². The third kappa shape index (κ3) is 4.33. The molecule has 0 spiro atoms. The predicted octanol–water partition coefficient (Wildman–Crippen LogP) is 10.7. The summed E-state index contributed by atoms with van der Waals surface area (Å²) in [5.74, 6) is 0. The molecule has 0 atom stereocenters. The van der Waals surface area contributed by atoms with Crippen LogP contribution in [0, 0.1) is 0 Å². The molecule has 0 radical (unpaired) electrons. The quantitative estimate of drug-likeness (QED) is 0.154. The molecular weight excluding hydrogens is 497 g/mol. The van der Waals surface area contributed by atoms with E-state index in [0.717, 1.165) is 0 Å². The predicted molar refractivity (Wildman–Crippen MR) is 178 cm³/mol. The summed E-state index contributed by atoms with van der Waals surface area (Å²) in [7, 11) is -0.764. The van der Waals surface area contributed by atoms with E-state index < -0.39 is 8.80 Å². The average Bonchev–Trinajstić information content (AvgIpc) is 3.00. The zero-order chi connectivity index (χ0) is 27.1. The van der Waals surface area contributed by atoms with Crippen LogP contribution in [-0.4, -0.2) is 8.80 Å². The largest absolute Gasteiger partial charge is 0.0719 e. The Bertz CT molecular complexity index is 1980. The summed E-state index contributed by atoms with van der Waals surface area (Å²) in [6.45, 7) is 4.88. The molecule has 0 N–H and O–H groups in total. The molecule has 7 aromatic carbocycles. The monoisotopic (exact) mass is 528 g/mol. The molecule has 0 nitrogen and oxygen atoms in total. The summed E-state index contributed by atoms with van der Waals surface area (Å²) in [6.07, 6.45) is 0. The third-order valence-corrected chi connectivity index (χ3v) is 9.36. The van der Waals surface area contributed by atoms with E-state index in [2.05, 4.69) is 153 Å². The van der Waals surface area contributed by atoms with E-state index in [1.165, 1.54) is 77.3 Å². The lowest BCUT2D eigenvalue weighted by atomic mass is 9.84. The molecule has 0 saturated heterocycles. The first kappa shape index (κ1) is 24.6. The normalized spacial score (nSPS) is 11.6. The highest BCUT2D eigenvalue weighted by atomic mass is 28.3. The van der Waals surface area contributed by atoms with Gasteiger partial charge in [0.1, 0.15) is 0 Å². The van der Waals surface area contributed by atoms with Crippen molar-refractivity contribution in [3.8, 4) is 33.4 Å². The molecule has 1 heteroatoms. The Kier molecular flexibility index (Phi) is 6.30. The molecule has 7 aromatic rings. The maximum atomic E-state index is 2.49. The van der Waals surface area contributed by atoms with Crippen LogP contribution in [0.4, 0.5) is 0 Å². The van der Waals surface area contributed by atoms with Gasteiger partial charge in [0.25, 0.3) is 0 Å². The Hall–Kier alpha value is -4.46. The van der Waals surface area contributed by atoms with E-state index in [0.29, 0.717) is 0 Å². The number of hydrogen-bond acceptors (Lipinski definition) is 0. The highest BCUT2D eigenvalue weighted by molar-refractivity contribution is 6.55. The van der Waals surface area contributed by atoms with Gasteiger partial charge < -0.3 is 0 Å². The first-order valence-corrected chi connectivity index (χ1v) is 17.4. The summed E-state index contributed by atoms with van der Waals surface area (Å²) in [5, 5.41) is 7.88. The Morgan fingerprint density at radius 3 is 1.75 bits per heavy atom. The van der Waals surface area contributed by atoms with Crippen molar-refractivity contribution >= 4 is 41.1 Å². The second-order valence-electron chi connectivity index (χ2n) is 11.2. The van der Waals surface area contributed by atoms with Crippen LogP contribution >= 0.6 is 0 Å². The number of rotatable bonds is 5. The van der Waals surface area contributed by atoms with E-state index in [-0.39, 0.29) is 0 Å². The van der Waals surface area contributed by atoms with Crippen LogP contribution in [-0.2, 0) is 6.04 Å². The van der Waals surface area contributed by atoms with Crippen molar-refractivity contribution in [3.63, 3.8) is 0 Å². The molecule has 0 aliphatic carbocycles. The second-order valence-corrected chi connectivity index (χ2v) is 14.4. The van der Waals surface area contributed by atoms with Crippen molar-refractivity contribution in [2.45, 2.75) is 19.1 Å². The van der Waals surface area contributed by atoms with Gasteiger partial charge in [-0.2, -0.15) is 0 Å². The van der Waals surface area contributed by atoms with Gasteiger partial charge in [0.2, 0.25) is 0 Å². The minimum Gasteiger partial charge on any atom is -0.0719 e. The molecule has 0 aliphatic heterocycles. The van der Waals surface area contributed by atoms with Gasteiger partial charge in [0.15, 0.2) is 0 Å². The van der Waals surface area contributed by atoms with Crippen LogP contribution in [0.15, 0.2) is 140 Å². The van der Waals surface area contributed by atoms with Crippen molar-refractivity contribution in [2.75, 3.05) is 0 Å². The van der Waals surface area contributed by atoms with E-state index in [9.17, 15) is 0 Å². The lowest BCUT2D eigenvalue weighted by Crippen LogP contribution is -2.05. The van der Waals surface area contributed by atoms with E-state index in [4.69, 9.17) is 0 Å². The highest BCUT2D eigenvalue weighted by Crippen LogP contribution is 2.45. The van der Waals surface area contributed by atoms with Gasteiger partial charge in [-0.15, -0.1) is 0 Å². The maximum absolute atomic E-state index is 2.49. The SMILES string of the molecule is C[SiH](C)Cc1ccc2c(-c3ccc(-c4ccccc4)cc3)c3ccccc3c(-c3cccc4ccccc34)c2c1. The van der Waals surface area contributed by atoms with Crippen molar-refractivity contribution in [1.29, 1.82) is 0 Å². The molecule has 0 fully saturated rings. The van der Waals surface area contributed by atoms with Crippen LogP contribution < -0.4 is 0 Å². The third-order valence-electron chi connectivity index (χ3n) is 8.07. The van der Waals surface area contributed by atoms with Crippen LogP contribution in [0.5, 0.6) is 0 Å². The van der Waals surface area contributed by atoms with Crippen LogP contribution in [0.3, 0.4) is 0 Å². The molecule has 192 valence electrons. The van der Waals surface area contributed by atoms with Crippen molar-refractivity contribution in [1.82, 2.24) is 0 Å². The Morgan fingerprint density at radius 2 is 1.00 bits per heavy atom. The second kappa shape index (κ2) is 10.3. The van der Waals surface area contributed by atoms with Crippen molar-refractivity contribution < 1.29 is 0 Å². The maximum Gasteiger partial charge on any atom is 0.0352 e. The fraction of sp³-hybridized carbons (Fsp3) is 0.0769. The zero-order valence-corrected chi connectivity index (χ0v) is 24.2. The Balaban J connectivity index is 1.56. The fourth-order valence-corrected chi connectivity index (χ4v) is 7.53. The summed E-state index contributed by atoms with van der Waals surface area (Å²) < 4.78 is 0. The van der Waals surface area contributed by atoms with Gasteiger partial charge >= 0.3 is 0 Å². The Morgan fingerprint density at radius 1 is 0.425 bits per heavy atom. The molecule has 0 amide bonds. The molecule has 0 saturated carbocycles. The minimum atomic E-state index is -0.764. The molecule has 0 aromatic heterocycles. The van der Waals surface area contributed by atoms with E-state index in [1.54, 1.807) is 0 Å². The molecule has 0 heterocycles. The topological polar surface area (TPSA) is 0 Å². The standard InChI is InChI=1S/C39H32Si/c1-40(2)26-27-19-24-36-37(25-27)39(33-18-10-14-30-13-6-7-15-32(30)33)35-17-9-8-16-34(35)38(36)31-22-20-29(21-23-31)28-11-4-3-5-12-28/h3-25,40H,26H2,1-2H3. The molecule has 40 heavy (non-hydrogen) atoms. The van der Waals surface area contributed by atoms with Gasteiger partial charge in [0.05, 0.1) is 0 Å². The average molecular weight is 529 g/mol. The first-order chi connectivity index (χ1) is 19.7. The molecule has 0 unspecified atom stereocenters. The summed E-state index contributed by atoms with van der Waals surface area (Å²) >= 11 is 0. The van der Waals surface area contributed by atoms with Gasteiger partial charge in [-0.3, -0.25) is 0 Å².